The molecule has 0 bridgehead atoms. The van der Waals surface area contributed by atoms with Crippen LogP contribution in [0.3, 0.4) is 0 Å². The Kier molecular flexibility index (Phi) is 5.06. The summed E-state index contributed by atoms with van der Waals surface area (Å²) in [6.07, 6.45) is 0. The van der Waals surface area contributed by atoms with E-state index in [0.29, 0.717) is 31.9 Å². The molecule has 4 rings (SSSR count). The SMILES string of the molecule is Cc1nc2ccccc2nc1N1CCN(C(=O)COc2ccc(F)cc2)CC1. The van der Waals surface area contributed by atoms with E-state index in [0.717, 1.165) is 22.5 Å². The third-order valence-electron chi connectivity index (χ3n) is 4.83. The minimum Gasteiger partial charge on any atom is -0.484 e. The molecular weight excluding hydrogens is 359 g/mol. The van der Waals surface area contributed by atoms with Crippen molar-refractivity contribution in [2.45, 2.75) is 6.92 Å². The maximum Gasteiger partial charge on any atom is 0.260 e. The van der Waals surface area contributed by atoms with Crippen LogP contribution >= 0.6 is 0 Å². The van der Waals surface area contributed by atoms with Gasteiger partial charge in [0, 0.05) is 26.2 Å². The lowest BCUT2D eigenvalue weighted by Gasteiger charge is -2.35. The van der Waals surface area contributed by atoms with Gasteiger partial charge < -0.3 is 14.5 Å². The number of aryl methyl sites for hydroxylation is 1. The Balaban J connectivity index is 1.36. The number of aromatic nitrogens is 2. The Hall–Kier alpha value is -3.22. The Morgan fingerprint density at radius 2 is 1.64 bits per heavy atom. The van der Waals surface area contributed by atoms with Gasteiger partial charge in [-0.2, -0.15) is 0 Å². The molecule has 0 unspecified atom stereocenters. The van der Waals surface area contributed by atoms with Crippen molar-refractivity contribution >= 4 is 22.8 Å². The second kappa shape index (κ2) is 7.80. The summed E-state index contributed by atoms with van der Waals surface area (Å²) in [7, 11) is 0. The fourth-order valence-corrected chi connectivity index (χ4v) is 3.31. The van der Waals surface area contributed by atoms with Gasteiger partial charge in [0.05, 0.1) is 16.7 Å². The number of rotatable bonds is 4. The molecule has 0 N–H and O–H groups in total. The third kappa shape index (κ3) is 3.88. The Morgan fingerprint density at radius 1 is 1.00 bits per heavy atom. The van der Waals surface area contributed by atoms with Crippen LogP contribution in [0.2, 0.25) is 0 Å². The summed E-state index contributed by atoms with van der Waals surface area (Å²) in [5.41, 5.74) is 2.64. The number of para-hydroxylation sites is 2. The highest BCUT2D eigenvalue weighted by Gasteiger charge is 2.23. The molecule has 1 saturated heterocycles. The zero-order valence-electron chi connectivity index (χ0n) is 15.6. The van der Waals surface area contributed by atoms with Crippen molar-refractivity contribution in [2.75, 3.05) is 37.7 Å². The van der Waals surface area contributed by atoms with E-state index in [4.69, 9.17) is 9.72 Å². The normalized spacial score (nSPS) is 14.4. The van der Waals surface area contributed by atoms with Crippen LogP contribution < -0.4 is 9.64 Å². The van der Waals surface area contributed by atoms with Crippen LogP contribution in [0.15, 0.2) is 48.5 Å². The number of carbonyl (C=O) groups excluding carboxylic acids is 1. The summed E-state index contributed by atoms with van der Waals surface area (Å²) in [4.78, 5) is 25.8. The van der Waals surface area contributed by atoms with Gasteiger partial charge in [-0.1, -0.05) is 12.1 Å². The average molecular weight is 380 g/mol. The molecular formula is C21H21FN4O2. The van der Waals surface area contributed by atoms with Crippen molar-refractivity contribution in [2.24, 2.45) is 0 Å². The van der Waals surface area contributed by atoms with Crippen LogP contribution in [0.5, 0.6) is 5.75 Å². The van der Waals surface area contributed by atoms with E-state index in [1.165, 1.54) is 24.3 Å². The predicted molar refractivity (Wildman–Crippen MR) is 105 cm³/mol. The first kappa shape index (κ1) is 18.2. The number of carbonyl (C=O) groups is 1. The quantitative estimate of drug-likeness (QED) is 0.697. The van der Waals surface area contributed by atoms with Gasteiger partial charge in [-0.25, -0.2) is 14.4 Å². The number of anilines is 1. The molecule has 1 aliphatic rings. The minimum absolute atomic E-state index is 0.0551. The van der Waals surface area contributed by atoms with Crippen molar-refractivity contribution in [3.05, 3.63) is 60.0 Å². The molecule has 1 aromatic heterocycles. The van der Waals surface area contributed by atoms with Crippen molar-refractivity contribution in [1.82, 2.24) is 14.9 Å². The first-order valence-corrected chi connectivity index (χ1v) is 9.24. The first-order valence-electron chi connectivity index (χ1n) is 9.24. The van der Waals surface area contributed by atoms with E-state index in [1.807, 2.05) is 31.2 Å². The van der Waals surface area contributed by atoms with E-state index in [2.05, 4.69) is 9.88 Å². The molecule has 3 aromatic rings. The van der Waals surface area contributed by atoms with Crippen LogP contribution in [0.1, 0.15) is 5.69 Å². The number of piperazine rings is 1. The van der Waals surface area contributed by atoms with Crippen molar-refractivity contribution in [3.63, 3.8) is 0 Å². The van der Waals surface area contributed by atoms with Gasteiger partial charge in [0.2, 0.25) is 0 Å². The number of fused-ring (bicyclic) bond motifs is 1. The van der Waals surface area contributed by atoms with Crippen molar-refractivity contribution in [3.8, 4) is 5.75 Å². The van der Waals surface area contributed by atoms with E-state index < -0.39 is 0 Å². The zero-order valence-corrected chi connectivity index (χ0v) is 15.6. The van der Waals surface area contributed by atoms with Crippen molar-refractivity contribution < 1.29 is 13.9 Å². The van der Waals surface area contributed by atoms with Crippen LogP contribution in [0, 0.1) is 12.7 Å². The lowest BCUT2D eigenvalue weighted by atomic mass is 10.2. The summed E-state index contributed by atoms with van der Waals surface area (Å²) < 4.78 is 18.4. The summed E-state index contributed by atoms with van der Waals surface area (Å²) >= 11 is 0. The largest absolute Gasteiger partial charge is 0.484 e. The molecule has 1 fully saturated rings. The molecule has 144 valence electrons. The van der Waals surface area contributed by atoms with Gasteiger partial charge >= 0.3 is 0 Å². The summed E-state index contributed by atoms with van der Waals surface area (Å²) in [6, 6.07) is 13.5. The Morgan fingerprint density at radius 3 is 2.32 bits per heavy atom. The minimum atomic E-state index is -0.332. The standard InChI is InChI=1S/C21H21FN4O2/c1-15-21(24-19-5-3-2-4-18(19)23-15)26-12-10-25(11-13-26)20(27)14-28-17-8-6-16(22)7-9-17/h2-9H,10-14H2,1H3. The third-order valence-corrected chi connectivity index (χ3v) is 4.83. The molecule has 6 nitrogen and oxygen atoms in total. The number of halogens is 1. The van der Waals surface area contributed by atoms with Crippen LogP contribution in [0.4, 0.5) is 10.2 Å². The van der Waals surface area contributed by atoms with E-state index in [-0.39, 0.29) is 18.3 Å². The van der Waals surface area contributed by atoms with Gasteiger partial charge in [-0.15, -0.1) is 0 Å². The van der Waals surface area contributed by atoms with Crippen LogP contribution in [-0.4, -0.2) is 53.6 Å². The molecule has 7 heteroatoms. The number of benzene rings is 2. The van der Waals surface area contributed by atoms with Gasteiger partial charge in [0.15, 0.2) is 12.4 Å². The monoisotopic (exact) mass is 380 g/mol. The molecule has 2 heterocycles. The van der Waals surface area contributed by atoms with Crippen molar-refractivity contribution in [1.29, 1.82) is 0 Å². The lowest BCUT2D eigenvalue weighted by Crippen LogP contribution is -2.50. The highest BCUT2D eigenvalue weighted by Crippen LogP contribution is 2.21. The average Bonchev–Trinajstić information content (AvgIpc) is 2.73. The lowest BCUT2D eigenvalue weighted by molar-refractivity contribution is -0.133. The molecule has 28 heavy (non-hydrogen) atoms. The highest BCUT2D eigenvalue weighted by atomic mass is 19.1. The molecule has 0 spiro atoms. The molecule has 1 aliphatic heterocycles. The second-order valence-electron chi connectivity index (χ2n) is 6.73. The topological polar surface area (TPSA) is 58.6 Å². The predicted octanol–water partition coefficient (Wildman–Crippen LogP) is 2.80. The fourth-order valence-electron chi connectivity index (χ4n) is 3.31. The summed E-state index contributed by atoms with van der Waals surface area (Å²) in [5, 5.41) is 0. The smallest absolute Gasteiger partial charge is 0.260 e. The number of hydrogen-bond donors (Lipinski definition) is 0. The van der Waals surface area contributed by atoms with Gasteiger partial charge in [-0.05, 0) is 43.3 Å². The van der Waals surface area contributed by atoms with E-state index in [1.54, 1.807) is 4.90 Å². The number of nitrogens with zero attached hydrogens (tertiary/aromatic N) is 4. The highest BCUT2D eigenvalue weighted by molar-refractivity contribution is 5.78. The summed E-state index contributed by atoms with van der Waals surface area (Å²) in [5.74, 6) is 0.941. The molecule has 1 amide bonds. The molecule has 0 radical (unpaired) electrons. The van der Waals surface area contributed by atoms with Gasteiger partial charge in [-0.3, -0.25) is 4.79 Å². The van der Waals surface area contributed by atoms with Crippen LogP contribution in [0.25, 0.3) is 11.0 Å². The van der Waals surface area contributed by atoms with Crippen LogP contribution in [-0.2, 0) is 4.79 Å². The molecule has 0 atom stereocenters. The maximum atomic E-state index is 12.9. The maximum absolute atomic E-state index is 12.9. The molecule has 0 aliphatic carbocycles. The number of hydrogen-bond acceptors (Lipinski definition) is 5. The summed E-state index contributed by atoms with van der Waals surface area (Å²) in [6.45, 7) is 4.48. The fraction of sp³-hybridized carbons (Fsp3) is 0.286. The van der Waals surface area contributed by atoms with Gasteiger partial charge in [0.1, 0.15) is 11.6 Å². The molecule has 2 aromatic carbocycles. The van der Waals surface area contributed by atoms with Gasteiger partial charge in [0.25, 0.3) is 5.91 Å². The Bertz CT molecular complexity index is 985. The number of amides is 1. The number of ether oxygens (including phenoxy) is 1. The first-order chi connectivity index (χ1) is 13.6. The van der Waals surface area contributed by atoms with E-state index >= 15 is 0 Å². The molecule has 0 saturated carbocycles. The Labute approximate surface area is 162 Å². The van der Waals surface area contributed by atoms with E-state index in [9.17, 15) is 9.18 Å². The zero-order chi connectivity index (χ0) is 19.5. The second-order valence-corrected chi connectivity index (χ2v) is 6.73.